The molecule has 76 valence electrons. The van der Waals surface area contributed by atoms with Gasteiger partial charge in [-0.25, -0.2) is 4.98 Å². The molecular weight excluding hydrogens is 204 g/mol. The molecule has 0 unspecified atom stereocenters. The van der Waals surface area contributed by atoms with Gasteiger partial charge >= 0.3 is 0 Å². The van der Waals surface area contributed by atoms with Crippen LogP contribution in [0.4, 0.5) is 0 Å². The van der Waals surface area contributed by atoms with E-state index in [1.54, 1.807) is 11.3 Å². The number of para-hydroxylation sites is 1. The Balaban J connectivity index is 2.24. The van der Waals surface area contributed by atoms with Crippen molar-refractivity contribution in [1.82, 2.24) is 10.3 Å². The molecule has 1 N–H and O–H groups in total. The number of hydrogen-bond acceptors (Lipinski definition) is 3. The number of aromatic nitrogens is 1. The molecule has 0 radical (unpaired) electrons. The molecule has 0 aliphatic heterocycles. The molecule has 0 saturated heterocycles. The molecule has 0 bridgehead atoms. The Kier molecular flexibility index (Phi) is 3.00. The van der Waals surface area contributed by atoms with Crippen LogP contribution in [0.3, 0.4) is 0 Å². The summed E-state index contributed by atoms with van der Waals surface area (Å²) in [6.07, 6.45) is 5.16. The van der Waals surface area contributed by atoms with E-state index in [0.29, 0.717) is 6.54 Å². The fourth-order valence-electron chi connectivity index (χ4n) is 1.45. The molecular formula is C12H12N2S. The zero-order chi connectivity index (χ0) is 10.7. The van der Waals surface area contributed by atoms with E-state index < -0.39 is 0 Å². The van der Waals surface area contributed by atoms with Crippen molar-refractivity contribution >= 4 is 21.6 Å². The van der Waals surface area contributed by atoms with Crippen LogP contribution in [0.5, 0.6) is 0 Å². The van der Waals surface area contributed by atoms with Gasteiger partial charge in [0.25, 0.3) is 0 Å². The van der Waals surface area contributed by atoms with Crippen molar-refractivity contribution in [2.24, 2.45) is 0 Å². The Morgan fingerprint density at radius 2 is 2.40 bits per heavy atom. The zero-order valence-corrected chi connectivity index (χ0v) is 9.40. The molecule has 15 heavy (non-hydrogen) atoms. The number of rotatable bonds is 3. The molecule has 2 aromatic rings. The SMILES string of the molecule is C#CCNCc1nc2c(C)cccc2s1. The summed E-state index contributed by atoms with van der Waals surface area (Å²) in [7, 11) is 0. The Bertz CT molecular complexity index is 508. The lowest BCUT2D eigenvalue weighted by atomic mass is 10.2. The van der Waals surface area contributed by atoms with Crippen molar-refractivity contribution in [1.29, 1.82) is 0 Å². The third-order valence-corrected chi connectivity index (χ3v) is 3.19. The van der Waals surface area contributed by atoms with Gasteiger partial charge in [-0.3, -0.25) is 5.32 Å². The predicted octanol–water partition coefficient (Wildman–Crippen LogP) is 2.33. The molecule has 0 aliphatic rings. The first-order valence-electron chi connectivity index (χ1n) is 4.80. The Morgan fingerprint density at radius 1 is 1.53 bits per heavy atom. The minimum Gasteiger partial charge on any atom is -0.300 e. The second-order valence-electron chi connectivity index (χ2n) is 3.34. The zero-order valence-electron chi connectivity index (χ0n) is 8.58. The second-order valence-corrected chi connectivity index (χ2v) is 4.45. The number of hydrogen-bond donors (Lipinski definition) is 1. The first kappa shape index (κ1) is 10.2. The topological polar surface area (TPSA) is 24.9 Å². The summed E-state index contributed by atoms with van der Waals surface area (Å²) >= 11 is 1.72. The molecule has 2 rings (SSSR count). The van der Waals surface area contributed by atoms with Crippen molar-refractivity contribution < 1.29 is 0 Å². The van der Waals surface area contributed by atoms with Gasteiger partial charge in [0.15, 0.2) is 0 Å². The van der Waals surface area contributed by atoms with Gasteiger partial charge in [-0.05, 0) is 18.6 Å². The van der Waals surface area contributed by atoms with Crippen LogP contribution < -0.4 is 5.32 Å². The van der Waals surface area contributed by atoms with E-state index in [9.17, 15) is 0 Å². The lowest BCUT2D eigenvalue weighted by Crippen LogP contribution is -2.12. The third-order valence-electron chi connectivity index (χ3n) is 2.17. The average molecular weight is 216 g/mol. The number of benzene rings is 1. The van der Waals surface area contributed by atoms with Gasteiger partial charge in [-0.2, -0.15) is 0 Å². The predicted molar refractivity (Wildman–Crippen MR) is 64.9 cm³/mol. The van der Waals surface area contributed by atoms with E-state index >= 15 is 0 Å². The maximum atomic E-state index is 5.16. The number of aryl methyl sites for hydroxylation is 1. The fourth-order valence-corrected chi connectivity index (χ4v) is 2.46. The van der Waals surface area contributed by atoms with Gasteiger partial charge in [0.05, 0.1) is 16.8 Å². The van der Waals surface area contributed by atoms with Crippen LogP contribution in [0.15, 0.2) is 18.2 Å². The lowest BCUT2D eigenvalue weighted by molar-refractivity contribution is 0.766. The summed E-state index contributed by atoms with van der Waals surface area (Å²) in [6, 6.07) is 6.25. The molecule has 3 heteroatoms. The molecule has 0 amide bonds. The van der Waals surface area contributed by atoms with E-state index in [4.69, 9.17) is 6.42 Å². The quantitative estimate of drug-likeness (QED) is 0.629. The summed E-state index contributed by atoms with van der Waals surface area (Å²) in [4.78, 5) is 4.57. The second kappa shape index (κ2) is 4.43. The summed E-state index contributed by atoms with van der Waals surface area (Å²) in [6.45, 7) is 3.43. The minimum atomic E-state index is 0.592. The van der Waals surface area contributed by atoms with Crippen molar-refractivity contribution in [2.45, 2.75) is 13.5 Å². The normalized spacial score (nSPS) is 10.4. The highest BCUT2D eigenvalue weighted by molar-refractivity contribution is 7.18. The average Bonchev–Trinajstić information content (AvgIpc) is 2.63. The van der Waals surface area contributed by atoms with Gasteiger partial charge in [0, 0.05) is 6.54 Å². The van der Waals surface area contributed by atoms with Crippen LogP contribution in [-0.2, 0) is 6.54 Å². The lowest BCUT2D eigenvalue weighted by Gasteiger charge is -1.94. The Labute approximate surface area is 93.3 Å². The van der Waals surface area contributed by atoms with Crippen molar-refractivity contribution in [2.75, 3.05) is 6.54 Å². The van der Waals surface area contributed by atoms with Gasteiger partial charge in [-0.1, -0.05) is 18.1 Å². The van der Waals surface area contributed by atoms with Crippen LogP contribution in [0, 0.1) is 19.3 Å². The van der Waals surface area contributed by atoms with Crippen LogP contribution in [0.25, 0.3) is 10.2 Å². The molecule has 0 fully saturated rings. The summed E-state index contributed by atoms with van der Waals surface area (Å²) in [5.74, 6) is 2.55. The molecule has 1 aromatic carbocycles. The molecule has 1 aromatic heterocycles. The van der Waals surface area contributed by atoms with Crippen molar-refractivity contribution in [3.8, 4) is 12.3 Å². The maximum Gasteiger partial charge on any atom is 0.108 e. The fraction of sp³-hybridized carbons (Fsp3) is 0.250. The molecule has 2 nitrogen and oxygen atoms in total. The number of nitrogens with zero attached hydrogens (tertiary/aromatic N) is 1. The van der Waals surface area contributed by atoms with Gasteiger partial charge < -0.3 is 0 Å². The summed E-state index contributed by atoms with van der Waals surface area (Å²) in [5.41, 5.74) is 2.34. The van der Waals surface area contributed by atoms with Crippen LogP contribution in [0.1, 0.15) is 10.6 Å². The molecule has 0 atom stereocenters. The minimum absolute atomic E-state index is 0.592. The Morgan fingerprint density at radius 3 is 3.13 bits per heavy atom. The summed E-state index contributed by atoms with van der Waals surface area (Å²) in [5, 5.41) is 4.24. The molecule has 1 heterocycles. The smallest absolute Gasteiger partial charge is 0.108 e. The highest BCUT2D eigenvalue weighted by Crippen LogP contribution is 2.24. The first-order chi connectivity index (χ1) is 7.31. The summed E-state index contributed by atoms with van der Waals surface area (Å²) < 4.78 is 1.24. The molecule has 0 aliphatic carbocycles. The highest BCUT2D eigenvalue weighted by atomic mass is 32.1. The molecule has 0 spiro atoms. The van der Waals surface area contributed by atoms with Gasteiger partial charge in [-0.15, -0.1) is 17.8 Å². The van der Waals surface area contributed by atoms with E-state index in [2.05, 4.69) is 41.3 Å². The first-order valence-corrected chi connectivity index (χ1v) is 5.62. The largest absolute Gasteiger partial charge is 0.300 e. The highest BCUT2D eigenvalue weighted by Gasteiger charge is 2.04. The van der Waals surface area contributed by atoms with E-state index in [-0.39, 0.29) is 0 Å². The van der Waals surface area contributed by atoms with Crippen LogP contribution in [-0.4, -0.2) is 11.5 Å². The van der Waals surface area contributed by atoms with Gasteiger partial charge in [0.2, 0.25) is 0 Å². The number of terminal acetylenes is 1. The third kappa shape index (κ3) is 2.17. The van der Waals surface area contributed by atoms with Crippen LogP contribution >= 0.6 is 11.3 Å². The Hall–Kier alpha value is -1.37. The van der Waals surface area contributed by atoms with E-state index in [0.717, 1.165) is 17.1 Å². The monoisotopic (exact) mass is 216 g/mol. The van der Waals surface area contributed by atoms with Gasteiger partial charge in [0.1, 0.15) is 5.01 Å². The van der Waals surface area contributed by atoms with E-state index in [1.807, 2.05) is 0 Å². The molecule has 0 saturated carbocycles. The van der Waals surface area contributed by atoms with E-state index in [1.165, 1.54) is 10.3 Å². The standard InChI is InChI=1S/C12H12N2S/c1-3-7-13-8-11-14-12-9(2)5-4-6-10(12)15-11/h1,4-6,13H,7-8H2,2H3. The van der Waals surface area contributed by atoms with Crippen molar-refractivity contribution in [3.05, 3.63) is 28.8 Å². The van der Waals surface area contributed by atoms with Crippen LogP contribution in [0.2, 0.25) is 0 Å². The number of thiazole rings is 1. The number of nitrogens with one attached hydrogen (secondary N) is 1. The van der Waals surface area contributed by atoms with Crippen molar-refractivity contribution in [3.63, 3.8) is 0 Å². The number of fused-ring (bicyclic) bond motifs is 1. The maximum absolute atomic E-state index is 5.16.